The highest BCUT2D eigenvalue weighted by atomic mass is 35.5. The molecule has 104 valence electrons. The highest BCUT2D eigenvalue weighted by molar-refractivity contribution is 6.31. The van der Waals surface area contributed by atoms with Gasteiger partial charge < -0.3 is 11.1 Å². The lowest BCUT2D eigenvalue weighted by atomic mass is 9.91. The van der Waals surface area contributed by atoms with Crippen LogP contribution in [0.3, 0.4) is 0 Å². The summed E-state index contributed by atoms with van der Waals surface area (Å²) in [6.07, 6.45) is 3.61. The Morgan fingerprint density at radius 1 is 1.53 bits per heavy atom. The molecule has 0 saturated heterocycles. The second kappa shape index (κ2) is 5.80. The zero-order chi connectivity index (χ0) is 14.0. The molecule has 0 spiro atoms. The second-order valence-electron chi connectivity index (χ2n) is 5.15. The fraction of sp³-hybridized carbons (Fsp3) is 0.500. The Balaban J connectivity index is 1.99. The predicted molar refractivity (Wildman–Crippen MR) is 79.4 cm³/mol. The fourth-order valence-electron chi connectivity index (χ4n) is 2.18. The van der Waals surface area contributed by atoms with Gasteiger partial charge in [-0.25, -0.2) is 0 Å². The average molecular weight is 282 g/mol. The van der Waals surface area contributed by atoms with E-state index in [0.29, 0.717) is 22.4 Å². The summed E-state index contributed by atoms with van der Waals surface area (Å²) in [4.78, 5) is 14.3. The molecular weight excluding hydrogens is 262 g/mol. The molecule has 3 N–H and O–H groups in total. The smallest absolute Gasteiger partial charge is 0.241 e. The van der Waals surface area contributed by atoms with Crippen LogP contribution in [0, 0.1) is 0 Å². The Hall–Kier alpha value is -1.26. The Kier molecular flexibility index (Phi) is 4.32. The quantitative estimate of drug-likeness (QED) is 0.835. The zero-order valence-electron chi connectivity index (χ0n) is 11.3. The normalized spacial score (nSPS) is 17.1. The molecule has 1 amide bonds. The number of hydrogen-bond acceptors (Lipinski definition) is 3. The average Bonchev–Trinajstić information content (AvgIpc) is 2.29. The number of rotatable bonds is 4. The number of nitrogens with zero attached hydrogens (tertiary/aromatic N) is 1. The number of likely N-dealkylation sites (N-methyl/N-ethyl adjacent to an activating group) is 1. The Labute approximate surface area is 118 Å². The standard InChI is InChI=1S/C14H20ClN3O/c1-9(18(2)11-4-3-5-11)14(19)17-13-7-6-10(15)8-12(13)16/h6-9,11H,3-5,16H2,1-2H3,(H,17,19). The van der Waals surface area contributed by atoms with Crippen molar-refractivity contribution in [2.75, 3.05) is 18.1 Å². The van der Waals surface area contributed by atoms with Gasteiger partial charge in [0.1, 0.15) is 0 Å². The molecule has 0 bridgehead atoms. The van der Waals surface area contributed by atoms with Crippen LogP contribution in [0.1, 0.15) is 26.2 Å². The van der Waals surface area contributed by atoms with Gasteiger partial charge in [0.2, 0.25) is 5.91 Å². The SMILES string of the molecule is CC(C(=O)Nc1ccc(Cl)cc1N)N(C)C1CCC1. The molecule has 2 rings (SSSR count). The lowest BCUT2D eigenvalue weighted by Gasteiger charge is -2.37. The second-order valence-corrected chi connectivity index (χ2v) is 5.58. The van der Waals surface area contributed by atoms with Crippen molar-refractivity contribution in [3.05, 3.63) is 23.2 Å². The first-order chi connectivity index (χ1) is 8.99. The minimum Gasteiger partial charge on any atom is -0.397 e. The van der Waals surface area contributed by atoms with Crippen molar-refractivity contribution in [1.82, 2.24) is 4.90 Å². The summed E-state index contributed by atoms with van der Waals surface area (Å²) in [5.74, 6) is -0.0385. The van der Waals surface area contributed by atoms with Crippen molar-refractivity contribution in [2.24, 2.45) is 0 Å². The molecule has 1 aromatic carbocycles. The predicted octanol–water partition coefficient (Wildman–Crippen LogP) is 2.73. The number of amides is 1. The molecular formula is C14H20ClN3O. The first kappa shape index (κ1) is 14.2. The third-order valence-electron chi connectivity index (χ3n) is 3.91. The summed E-state index contributed by atoms with van der Waals surface area (Å²) in [6.45, 7) is 1.92. The van der Waals surface area contributed by atoms with Gasteiger partial charge in [-0.2, -0.15) is 0 Å². The lowest BCUT2D eigenvalue weighted by Crippen LogP contribution is -2.48. The van der Waals surface area contributed by atoms with Crippen molar-refractivity contribution < 1.29 is 4.79 Å². The van der Waals surface area contributed by atoms with E-state index in [1.165, 1.54) is 19.3 Å². The highest BCUT2D eigenvalue weighted by Gasteiger charge is 2.28. The molecule has 1 aromatic rings. The molecule has 1 fully saturated rings. The summed E-state index contributed by atoms with van der Waals surface area (Å²) in [5, 5.41) is 3.42. The van der Waals surface area contributed by atoms with Gasteiger partial charge in [0.05, 0.1) is 17.4 Å². The number of nitrogen functional groups attached to an aromatic ring is 1. The maximum Gasteiger partial charge on any atom is 0.241 e. The van der Waals surface area contributed by atoms with Crippen LogP contribution >= 0.6 is 11.6 Å². The number of benzene rings is 1. The number of carbonyl (C=O) groups excluding carboxylic acids is 1. The van der Waals surface area contributed by atoms with E-state index in [9.17, 15) is 4.79 Å². The van der Waals surface area contributed by atoms with E-state index >= 15 is 0 Å². The molecule has 0 heterocycles. The summed E-state index contributed by atoms with van der Waals surface area (Å²) >= 11 is 5.83. The molecule has 0 aliphatic heterocycles. The molecule has 0 radical (unpaired) electrons. The van der Waals surface area contributed by atoms with Crippen LogP contribution in [0.25, 0.3) is 0 Å². The van der Waals surface area contributed by atoms with Crippen molar-refractivity contribution >= 4 is 28.9 Å². The molecule has 1 saturated carbocycles. The molecule has 1 aliphatic rings. The number of anilines is 2. The summed E-state index contributed by atoms with van der Waals surface area (Å²) in [7, 11) is 2.00. The molecule has 1 unspecified atom stereocenters. The van der Waals surface area contributed by atoms with Crippen LogP contribution in [0.15, 0.2) is 18.2 Å². The maximum atomic E-state index is 12.2. The van der Waals surface area contributed by atoms with Crippen LogP contribution in [0.5, 0.6) is 0 Å². The monoisotopic (exact) mass is 281 g/mol. The van der Waals surface area contributed by atoms with Crippen molar-refractivity contribution in [3.63, 3.8) is 0 Å². The first-order valence-corrected chi connectivity index (χ1v) is 6.94. The van der Waals surface area contributed by atoms with Crippen LogP contribution in [0.2, 0.25) is 5.02 Å². The fourth-order valence-corrected chi connectivity index (χ4v) is 2.36. The van der Waals surface area contributed by atoms with Gasteiger partial charge in [-0.3, -0.25) is 9.69 Å². The maximum absolute atomic E-state index is 12.2. The van der Waals surface area contributed by atoms with Gasteiger partial charge in [-0.05, 0) is 45.0 Å². The Morgan fingerprint density at radius 3 is 2.74 bits per heavy atom. The van der Waals surface area contributed by atoms with E-state index in [2.05, 4.69) is 10.2 Å². The van der Waals surface area contributed by atoms with E-state index in [-0.39, 0.29) is 11.9 Å². The highest BCUT2D eigenvalue weighted by Crippen LogP contribution is 2.26. The molecule has 1 aliphatic carbocycles. The third-order valence-corrected chi connectivity index (χ3v) is 4.15. The Morgan fingerprint density at radius 2 is 2.21 bits per heavy atom. The van der Waals surface area contributed by atoms with Gasteiger partial charge >= 0.3 is 0 Å². The minimum absolute atomic E-state index is 0.0385. The van der Waals surface area contributed by atoms with Gasteiger partial charge in [0.25, 0.3) is 0 Å². The van der Waals surface area contributed by atoms with Crippen molar-refractivity contribution in [2.45, 2.75) is 38.3 Å². The Bertz CT molecular complexity index is 474. The number of nitrogens with one attached hydrogen (secondary N) is 1. The van der Waals surface area contributed by atoms with Gasteiger partial charge in [-0.1, -0.05) is 18.0 Å². The van der Waals surface area contributed by atoms with Gasteiger partial charge in [-0.15, -0.1) is 0 Å². The molecule has 0 aromatic heterocycles. The third kappa shape index (κ3) is 3.19. The van der Waals surface area contributed by atoms with E-state index < -0.39 is 0 Å². The topological polar surface area (TPSA) is 58.4 Å². The zero-order valence-corrected chi connectivity index (χ0v) is 12.1. The van der Waals surface area contributed by atoms with Crippen molar-refractivity contribution in [1.29, 1.82) is 0 Å². The first-order valence-electron chi connectivity index (χ1n) is 6.57. The van der Waals surface area contributed by atoms with E-state index in [1.807, 2.05) is 14.0 Å². The summed E-state index contributed by atoms with van der Waals surface area (Å²) in [6, 6.07) is 5.44. The summed E-state index contributed by atoms with van der Waals surface area (Å²) in [5.41, 5.74) is 6.93. The van der Waals surface area contributed by atoms with Crippen LogP contribution in [-0.2, 0) is 4.79 Å². The van der Waals surface area contributed by atoms with E-state index in [1.54, 1.807) is 18.2 Å². The lowest BCUT2D eigenvalue weighted by molar-refractivity contribution is -0.121. The van der Waals surface area contributed by atoms with Gasteiger partial charge in [0.15, 0.2) is 0 Å². The minimum atomic E-state index is -0.166. The number of carbonyl (C=O) groups is 1. The largest absolute Gasteiger partial charge is 0.397 e. The van der Waals surface area contributed by atoms with Crippen molar-refractivity contribution in [3.8, 4) is 0 Å². The van der Waals surface area contributed by atoms with Crippen LogP contribution < -0.4 is 11.1 Å². The van der Waals surface area contributed by atoms with Gasteiger partial charge in [0, 0.05) is 11.1 Å². The number of hydrogen-bond donors (Lipinski definition) is 2. The number of nitrogens with two attached hydrogens (primary N) is 1. The summed E-state index contributed by atoms with van der Waals surface area (Å²) < 4.78 is 0. The molecule has 4 nitrogen and oxygen atoms in total. The van der Waals surface area contributed by atoms with E-state index in [0.717, 1.165) is 0 Å². The van der Waals surface area contributed by atoms with Crippen LogP contribution in [-0.4, -0.2) is 29.9 Å². The van der Waals surface area contributed by atoms with Crippen LogP contribution in [0.4, 0.5) is 11.4 Å². The molecule has 1 atom stereocenters. The molecule has 19 heavy (non-hydrogen) atoms. The van der Waals surface area contributed by atoms with E-state index in [4.69, 9.17) is 17.3 Å². The number of halogens is 1. The molecule has 5 heteroatoms.